The second-order valence-corrected chi connectivity index (χ2v) is 7.81. The summed E-state index contributed by atoms with van der Waals surface area (Å²) in [5, 5.41) is 2.84. The van der Waals surface area contributed by atoms with Gasteiger partial charge in [-0.25, -0.2) is 4.39 Å². The van der Waals surface area contributed by atoms with E-state index in [1.54, 1.807) is 12.1 Å². The summed E-state index contributed by atoms with van der Waals surface area (Å²) in [6.07, 6.45) is 4.58. The Morgan fingerprint density at radius 3 is 2.64 bits per heavy atom. The fraction of sp³-hybridized carbons (Fsp3) is 0.619. The van der Waals surface area contributed by atoms with Crippen LogP contribution in [0, 0.1) is 11.7 Å². The zero-order valence-electron chi connectivity index (χ0n) is 16.4. The molecule has 0 radical (unpaired) electrons. The van der Waals surface area contributed by atoms with Gasteiger partial charge in [-0.1, -0.05) is 18.6 Å². The van der Waals surface area contributed by atoms with E-state index in [1.807, 2.05) is 4.90 Å². The molecule has 28 heavy (non-hydrogen) atoms. The molecular formula is C21H31FN4O2. The van der Waals surface area contributed by atoms with E-state index < -0.39 is 0 Å². The molecule has 0 aliphatic carbocycles. The molecule has 2 saturated heterocycles. The zero-order valence-corrected chi connectivity index (χ0v) is 16.4. The third-order valence-corrected chi connectivity index (χ3v) is 5.75. The van der Waals surface area contributed by atoms with Gasteiger partial charge in [-0.05, 0) is 49.9 Å². The maximum atomic E-state index is 13.3. The van der Waals surface area contributed by atoms with Crippen molar-refractivity contribution >= 4 is 11.8 Å². The van der Waals surface area contributed by atoms with Crippen LogP contribution < -0.4 is 11.1 Å². The number of carbonyl (C=O) groups excluding carboxylic acids is 2. The van der Waals surface area contributed by atoms with E-state index in [1.165, 1.54) is 12.1 Å². The molecule has 0 saturated carbocycles. The highest BCUT2D eigenvalue weighted by Crippen LogP contribution is 2.24. The lowest BCUT2D eigenvalue weighted by Gasteiger charge is -2.40. The third kappa shape index (κ3) is 5.29. The van der Waals surface area contributed by atoms with Gasteiger partial charge in [0.15, 0.2) is 0 Å². The molecule has 154 valence electrons. The van der Waals surface area contributed by atoms with E-state index in [0.29, 0.717) is 32.7 Å². The van der Waals surface area contributed by atoms with Crippen molar-refractivity contribution in [1.82, 2.24) is 15.1 Å². The minimum absolute atomic E-state index is 0.00485. The summed E-state index contributed by atoms with van der Waals surface area (Å²) in [6.45, 7) is 3.59. The maximum absolute atomic E-state index is 13.3. The third-order valence-electron chi connectivity index (χ3n) is 5.75. The smallest absolute Gasteiger partial charge is 0.239 e. The van der Waals surface area contributed by atoms with Crippen LogP contribution in [0.5, 0.6) is 0 Å². The van der Waals surface area contributed by atoms with Gasteiger partial charge in [-0.3, -0.25) is 14.5 Å². The van der Waals surface area contributed by atoms with Gasteiger partial charge in [0.05, 0.1) is 12.0 Å². The lowest BCUT2D eigenvalue weighted by molar-refractivity contribution is -0.142. The number of piperidine rings is 2. The van der Waals surface area contributed by atoms with Crippen LogP contribution in [0.2, 0.25) is 0 Å². The first kappa shape index (κ1) is 20.7. The zero-order chi connectivity index (χ0) is 19.9. The molecule has 2 aliphatic heterocycles. The Hall–Kier alpha value is -1.99. The molecule has 3 N–H and O–H groups in total. The molecule has 3 rings (SSSR count). The minimum Gasteiger partial charge on any atom is -0.355 e. The van der Waals surface area contributed by atoms with Crippen molar-refractivity contribution in [2.24, 2.45) is 11.7 Å². The Bertz CT molecular complexity index is 667. The van der Waals surface area contributed by atoms with Crippen molar-refractivity contribution < 1.29 is 14.0 Å². The molecule has 7 heteroatoms. The van der Waals surface area contributed by atoms with Gasteiger partial charge in [-0.2, -0.15) is 0 Å². The number of carbonyl (C=O) groups is 2. The summed E-state index contributed by atoms with van der Waals surface area (Å²) >= 11 is 0. The van der Waals surface area contributed by atoms with Crippen LogP contribution in [0.1, 0.15) is 37.7 Å². The number of nitrogens with two attached hydrogens (primary N) is 1. The normalized spacial score (nSPS) is 23.4. The summed E-state index contributed by atoms with van der Waals surface area (Å²) in [5.41, 5.74) is 6.47. The first-order valence-corrected chi connectivity index (χ1v) is 10.3. The average Bonchev–Trinajstić information content (AvgIpc) is 2.73. The number of nitrogens with one attached hydrogen (secondary N) is 1. The highest BCUT2D eigenvalue weighted by atomic mass is 19.1. The molecule has 0 spiro atoms. The van der Waals surface area contributed by atoms with Gasteiger partial charge in [0.1, 0.15) is 5.82 Å². The van der Waals surface area contributed by atoms with Gasteiger partial charge in [0.25, 0.3) is 0 Å². The van der Waals surface area contributed by atoms with Crippen LogP contribution in [0.4, 0.5) is 4.39 Å². The van der Waals surface area contributed by atoms with Crippen LogP contribution in [-0.4, -0.2) is 60.4 Å². The first-order valence-electron chi connectivity index (χ1n) is 10.3. The largest absolute Gasteiger partial charge is 0.355 e. The highest BCUT2D eigenvalue weighted by Gasteiger charge is 2.35. The number of nitrogens with zero attached hydrogens (tertiary/aromatic N) is 2. The molecule has 2 fully saturated rings. The molecule has 2 unspecified atom stereocenters. The van der Waals surface area contributed by atoms with Crippen LogP contribution in [-0.2, 0) is 16.1 Å². The lowest BCUT2D eigenvalue weighted by atomic mass is 9.94. The fourth-order valence-electron chi connectivity index (χ4n) is 4.23. The molecule has 0 bridgehead atoms. The molecule has 2 aliphatic rings. The molecule has 1 aromatic carbocycles. The topological polar surface area (TPSA) is 78.7 Å². The molecule has 2 amide bonds. The van der Waals surface area contributed by atoms with E-state index >= 15 is 0 Å². The monoisotopic (exact) mass is 390 g/mol. The van der Waals surface area contributed by atoms with Crippen molar-refractivity contribution in [2.75, 3.05) is 32.7 Å². The Morgan fingerprint density at radius 1 is 1.11 bits per heavy atom. The van der Waals surface area contributed by atoms with Gasteiger partial charge in [0.2, 0.25) is 11.8 Å². The van der Waals surface area contributed by atoms with Gasteiger partial charge < -0.3 is 16.0 Å². The number of benzene rings is 1. The number of amides is 2. The Morgan fingerprint density at radius 2 is 1.89 bits per heavy atom. The molecule has 2 heterocycles. The number of hydrogen-bond donors (Lipinski definition) is 2. The van der Waals surface area contributed by atoms with Gasteiger partial charge >= 0.3 is 0 Å². The van der Waals surface area contributed by atoms with Crippen molar-refractivity contribution in [3.8, 4) is 0 Å². The number of likely N-dealkylation sites (tertiary alicyclic amines) is 2. The summed E-state index contributed by atoms with van der Waals surface area (Å²) in [6, 6.07) is 6.33. The van der Waals surface area contributed by atoms with Crippen molar-refractivity contribution in [1.29, 1.82) is 0 Å². The quantitative estimate of drug-likeness (QED) is 0.772. The minimum atomic E-state index is -0.248. The number of halogens is 1. The predicted octanol–water partition coefficient (Wildman–Crippen LogP) is 1.49. The van der Waals surface area contributed by atoms with E-state index in [9.17, 15) is 14.0 Å². The molecule has 6 nitrogen and oxygen atoms in total. The van der Waals surface area contributed by atoms with E-state index in [0.717, 1.165) is 44.2 Å². The van der Waals surface area contributed by atoms with Crippen molar-refractivity contribution in [2.45, 2.75) is 44.7 Å². The predicted molar refractivity (Wildman–Crippen MR) is 106 cm³/mol. The van der Waals surface area contributed by atoms with E-state index in [-0.39, 0.29) is 29.6 Å². The molecule has 2 atom stereocenters. The summed E-state index contributed by atoms with van der Waals surface area (Å²) in [4.78, 5) is 29.6. The van der Waals surface area contributed by atoms with E-state index in [2.05, 4.69) is 10.2 Å². The molecular weight excluding hydrogens is 359 g/mol. The van der Waals surface area contributed by atoms with Crippen LogP contribution in [0.25, 0.3) is 0 Å². The maximum Gasteiger partial charge on any atom is 0.239 e. The highest BCUT2D eigenvalue weighted by molar-refractivity contribution is 5.84. The van der Waals surface area contributed by atoms with Crippen LogP contribution >= 0.6 is 0 Å². The summed E-state index contributed by atoms with van der Waals surface area (Å²) in [7, 11) is 0. The van der Waals surface area contributed by atoms with Crippen LogP contribution in [0.15, 0.2) is 24.3 Å². The Labute approximate surface area is 166 Å². The Kier molecular flexibility index (Phi) is 7.39. The Balaban J connectivity index is 1.63. The van der Waals surface area contributed by atoms with Crippen molar-refractivity contribution in [3.63, 3.8) is 0 Å². The fourth-order valence-corrected chi connectivity index (χ4v) is 4.23. The number of hydrogen-bond acceptors (Lipinski definition) is 4. The van der Waals surface area contributed by atoms with Crippen LogP contribution in [0.3, 0.4) is 0 Å². The second-order valence-electron chi connectivity index (χ2n) is 7.81. The molecule has 0 aromatic heterocycles. The SMILES string of the molecule is NCCNC(=O)C1CCCN(C(=O)C2CCCCN2Cc2ccc(F)cc2)C1. The lowest BCUT2D eigenvalue weighted by Crippen LogP contribution is -2.54. The number of rotatable bonds is 6. The van der Waals surface area contributed by atoms with E-state index in [4.69, 9.17) is 5.73 Å². The van der Waals surface area contributed by atoms with Crippen molar-refractivity contribution in [3.05, 3.63) is 35.6 Å². The average molecular weight is 391 g/mol. The molecule has 1 aromatic rings. The second kappa shape index (κ2) is 9.98. The van der Waals surface area contributed by atoms with Gasteiger partial charge in [0, 0.05) is 32.7 Å². The summed E-state index contributed by atoms with van der Waals surface area (Å²) in [5.74, 6) is -0.284. The van der Waals surface area contributed by atoms with Gasteiger partial charge in [-0.15, -0.1) is 0 Å². The summed E-state index contributed by atoms with van der Waals surface area (Å²) < 4.78 is 13.2. The first-order chi connectivity index (χ1) is 13.6. The standard InChI is InChI=1S/C21H31FN4O2/c22-18-8-6-16(7-9-18)14-25-12-2-1-5-19(25)21(28)26-13-3-4-17(15-26)20(27)24-11-10-23/h6-9,17,19H,1-5,10-15,23H2,(H,24,27).